The monoisotopic (exact) mass is 351 g/mol. The number of benzene rings is 1. The lowest BCUT2D eigenvalue weighted by Crippen LogP contribution is -2.38. The van der Waals surface area contributed by atoms with Crippen LogP contribution in [0, 0.1) is 6.92 Å². The molecule has 26 heavy (non-hydrogen) atoms. The van der Waals surface area contributed by atoms with E-state index in [9.17, 15) is 4.79 Å². The summed E-state index contributed by atoms with van der Waals surface area (Å²) in [5, 5.41) is 12.1. The normalized spacial score (nSPS) is 17.5. The number of rotatable bonds is 3. The Morgan fingerprint density at radius 2 is 2.00 bits per heavy atom. The Morgan fingerprint density at radius 3 is 2.65 bits per heavy atom. The number of aromatic nitrogens is 4. The van der Waals surface area contributed by atoms with Crippen LogP contribution in [0.5, 0.6) is 0 Å². The molecule has 1 aromatic carbocycles. The lowest BCUT2D eigenvalue weighted by molar-refractivity contribution is 0.0611. The lowest BCUT2D eigenvalue weighted by Gasteiger charge is -2.35. The predicted molar refractivity (Wildman–Crippen MR) is 95.3 cm³/mol. The average molecular weight is 351 g/mol. The minimum absolute atomic E-state index is 0.0480. The van der Waals surface area contributed by atoms with Gasteiger partial charge in [-0.05, 0) is 43.5 Å². The standard InChI is InChI=1S/C19H21N5O2/c1-13-21-22-18(26-13)14-6-8-15(9-7-14)19(25)24-10-4-3-5-17(24)16-11-20-23(2)12-16/h6-9,11-12,17H,3-5,10H2,1-2H3. The Hall–Kier alpha value is -2.96. The van der Waals surface area contributed by atoms with Crippen LogP contribution < -0.4 is 0 Å². The summed E-state index contributed by atoms with van der Waals surface area (Å²) < 4.78 is 7.22. The summed E-state index contributed by atoms with van der Waals surface area (Å²) >= 11 is 0. The van der Waals surface area contributed by atoms with Gasteiger partial charge < -0.3 is 9.32 Å². The van der Waals surface area contributed by atoms with Gasteiger partial charge in [-0.2, -0.15) is 5.10 Å². The summed E-state index contributed by atoms with van der Waals surface area (Å²) in [5.41, 5.74) is 2.57. The quantitative estimate of drug-likeness (QED) is 0.724. The van der Waals surface area contributed by atoms with Gasteiger partial charge in [0.1, 0.15) is 0 Å². The van der Waals surface area contributed by atoms with Crippen molar-refractivity contribution < 1.29 is 9.21 Å². The molecule has 0 aliphatic carbocycles. The molecule has 3 heterocycles. The topological polar surface area (TPSA) is 77.1 Å². The van der Waals surface area contributed by atoms with E-state index in [1.54, 1.807) is 11.6 Å². The van der Waals surface area contributed by atoms with Gasteiger partial charge in [-0.1, -0.05) is 0 Å². The summed E-state index contributed by atoms with van der Waals surface area (Å²) in [6, 6.07) is 7.44. The molecule has 0 N–H and O–H groups in total. The number of hydrogen-bond donors (Lipinski definition) is 0. The fraction of sp³-hybridized carbons (Fsp3) is 0.368. The fourth-order valence-corrected chi connectivity index (χ4v) is 3.47. The molecule has 0 radical (unpaired) electrons. The van der Waals surface area contributed by atoms with Gasteiger partial charge in [0.05, 0.1) is 12.2 Å². The first-order chi connectivity index (χ1) is 12.6. The highest BCUT2D eigenvalue weighted by molar-refractivity contribution is 5.95. The molecule has 2 aromatic heterocycles. The molecule has 1 atom stereocenters. The highest BCUT2D eigenvalue weighted by Gasteiger charge is 2.29. The first-order valence-corrected chi connectivity index (χ1v) is 8.82. The van der Waals surface area contributed by atoms with Crippen LogP contribution in [-0.4, -0.2) is 37.3 Å². The van der Waals surface area contributed by atoms with Gasteiger partial charge >= 0.3 is 0 Å². The minimum atomic E-state index is 0.0480. The molecule has 1 aliphatic rings. The molecule has 3 aromatic rings. The summed E-state index contributed by atoms with van der Waals surface area (Å²) in [5.74, 6) is 1.03. The van der Waals surface area contributed by atoms with E-state index in [2.05, 4.69) is 15.3 Å². The molecule has 1 amide bonds. The van der Waals surface area contributed by atoms with E-state index < -0.39 is 0 Å². The van der Waals surface area contributed by atoms with Crippen LogP contribution in [0.1, 0.15) is 47.1 Å². The predicted octanol–water partition coefficient (Wildman–Crippen LogP) is 3.15. The van der Waals surface area contributed by atoms with Crippen molar-refractivity contribution in [2.75, 3.05) is 6.54 Å². The zero-order valence-corrected chi connectivity index (χ0v) is 14.9. The second-order valence-corrected chi connectivity index (χ2v) is 6.66. The molecule has 134 valence electrons. The first-order valence-electron chi connectivity index (χ1n) is 8.82. The van der Waals surface area contributed by atoms with Gasteiger partial charge in [-0.25, -0.2) is 0 Å². The number of hydrogen-bond acceptors (Lipinski definition) is 5. The van der Waals surface area contributed by atoms with E-state index in [4.69, 9.17) is 4.42 Å². The van der Waals surface area contributed by atoms with Crippen LogP contribution in [0.25, 0.3) is 11.5 Å². The third-order valence-corrected chi connectivity index (χ3v) is 4.78. The summed E-state index contributed by atoms with van der Waals surface area (Å²) in [6.07, 6.45) is 6.98. The maximum absolute atomic E-state index is 13.1. The largest absolute Gasteiger partial charge is 0.421 e. The molecule has 1 fully saturated rings. The Balaban J connectivity index is 1.57. The third-order valence-electron chi connectivity index (χ3n) is 4.78. The fourth-order valence-electron chi connectivity index (χ4n) is 3.47. The Labute approximate surface area is 151 Å². The van der Waals surface area contributed by atoms with E-state index in [-0.39, 0.29) is 11.9 Å². The number of aryl methyl sites for hydroxylation is 2. The van der Waals surface area contributed by atoms with Crippen molar-refractivity contribution in [3.8, 4) is 11.5 Å². The molecule has 0 bridgehead atoms. The summed E-state index contributed by atoms with van der Waals surface area (Å²) in [4.78, 5) is 15.1. The van der Waals surface area contributed by atoms with E-state index in [0.29, 0.717) is 17.3 Å². The molecule has 4 rings (SSSR count). The van der Waals surface area contributed by atoms with Crippen molar-refractivity contribution in [1.29, 1.82) is 0 Å². The number of likely N-dealkylation sites (tertiary alicyclic amines) is 1. The number of carbonyl (C=O) groups is 1. The second kappa shape index (κ2) is 6.74. The molecule has 0 spiro atoms. The van der Waals surface area contributed by atoms with E-state index in [1.165, 1.54) is 0 Å². The van der Waals surface area contributed by atoms with Crippen LogP contribution in [0.3, 0.4) is 0 Å². The summed E-state index contributed by atoms with van der Waals surface area (Å²) in [6.45, 7) is 2.52. The van der Waals surface area contributed by atoms with Crippen molar-refractivity contribution >= 4 is 5.91 Å². The van der Waals surface area contributed by atoms with Crippen LogP contribution in [0.4, 0.5) is 0 Å². The molecular weight excluding hydrogens is 330 g/mol. The first kappa shape index (κ1) is 16.5. The molecule has 1 aliphatic heterocycles. The molecule has 7 heteroatoms. The van der Waals surface area contributed by atoms with Gasteiger partial charge in [0.2, 0.25) is 11.8 Å². The van der Waals surface area contributed by atoms with Crippen LogP contribution in [0.15, 0.2) is 41.1 Å². The third kappa shape index (κ3) is 3.12. The zero-order chi connectivity index (χ0) is 18.1. The molecule has 1 saturated heterocycles. The van der Waals surface area contributed by atoms with Crippen molar-refractivity contribution in [2.45, 2.75) is 32.2 Å². The Kier molecular flexibility index (Phi) is 4.28. The van der Waals surface area contributed by atoms with Gasteiger partial charge in [0.25, 0.3) is 5.91 Å². The maximum Gasteiger partial charge on any atom is 0.254 e. The number of carbonyl (C=O) groups excluding carboxylic acids is 1. The molecule has 1 unspecified atom stereocenters. The van der Waals surface area contributed by atoms with Gasteiger partial charge in [-0.3, -0.25) is 9.48 Å². The van der Waals surface area contributed by atoms with Crippen molar-refractivity contribution in [3.63, 3.8) is 0 Å². The highest BCUT2D eigenvalue weighted by atomic mass is 16.4. The Bertz CT molecular complexity index is 912. The van der Waals surface area contributed by atoms with Crippen molar-refractivity contribution in [2.24, 2.45) is 7.05 Å². The van der Waals surface area contributed by atoms with Gasteiger partial charge in [0.15, 0.2) is 0 Å². The van der Waals surface area contributed by atoms with Crippen molar-refractivity contribution in [3.05, 3.63) is 53.7 Å². The van der Waals surface area contributed by atoms with Crippen molar-refractivity contribution in [1.82, 2.24) is 24.9 Å². The number of nitrogens with zero attached hydrogens (tertiary/aromatic N) is 5. The molecular formula is C19H21N5O2. The smallest absolute Gasteiger partial charge is 0.254 e. The van der Waals surface area contributed by atoms with Gasteiger partial charge in [-0.15, -0.1) is 10.2 Å². The highest BCUT2D eigenvalue weighted by Crippen LogP contribution is 2.32. The van der Waals surface area contributed by atoms with Crippen LogP contribution in [-0.2, 0) is 7.05 Å². The van der Waals surface area contributed by atoms with Crippen LogP contribution >= 0.6 is 0 Å². The lowest BCUT2D eigenvalue weighted by atomic mass is 9.96. The van der Waals surface area contributed by atoms with Gasteiger partial charge in [0, 0.05) is 43.4 Å². The molecule has 7 nitrogen and oxygen atoms in total. The number of amides is 1. The second-order valence-electron chi connectivity index (χ2n) is 6.66. The van der Waals surface area contributed by atoms with Crippen LogP contribution in [0.2, 0.25) is 0 Å². The Morgan fingerprint density at radius 1 is 1.19 bits per heavy atom. The zero-order valence-electron chi connectivity index (χ0n) is 14.9. The van der Waals surface area contributed by atoms with E-state index in [0.717, 1.165) is 36.9 Å². The van der Waals surface area contributed by atoms with E-state index >= 15 is 0 Å². The summed E-state index contributed by atoms with van der Waals surface area (Å²) in [7, 11) is 1.90. The number of piperidine rings is 1. The minimum Gasteiger partial charge on any atom is -0.421 e. The van der Waals surface area contributed by atoms with E-state index in [1.807, 2.05) is 48.6 Å². The average Bonchev–Trinajstić information content (AvgIpc) is 3.30. The maximum atomic E-state index is 13.1. The SMILES string of the molecule is Cc1nnc(-c2ccc(C(=O)N3CCCCC3c3cnn(C)c3)cc2)o1. The molecule has 0 saturated carbocycles.